The summed E-state index contributed by atoms with van der Waals surface area (Å²) >= 11 is 5.72. The maximum absolute atomic E-state index is 12.2. The quantitative estimate of drug-likeness (QED) is 0.747. The van der Waals surface area contributed by atoms with Gasteiger partial charge in [0, 0.05) is 17.1 Å². The van der Waals surface area contributed by atoms with Crippen molar-refractivity contribution in [3.05, 3.63) is 59.3 Å². The molecule has 100 valence electrons. The molecule has 4 nitrogen and oxygen atoms in total. The summed E-state index contributed by atoms with van der Waals surface area (Å²) in [6.45, 7) is 0. The van der Waals surface area contributed by atoms with E-state index >= 15 is 0 Å². The van der Waals surface area contributed by atoms with E-state index in [4.69, 9.17) is 16.0 Å². The molecule has 2 aromatic carbocycles. The van der Waals surface area contributed by atoms with Crippen LogP contribution in [-0.2, 0) is 0 Å². The number of rotatable bonds is 2. The van der Waals surface area contributed by atoms with E-state index in [1.54, 1.807) is 12.1 Å². The lowest BCUT2D eigenvalue weighted by molar-refractivity contribution is 0.102. The second-order valence-corrected chi connectivity index (χ2v) is 4.67. The molecule has 0 bridgehead atoms. The van der Waals surface area contributed by atoms with E-state index in [2.05, 4.69) is 5.32 Å². The number of para-hydroxylation sites is 1. The molecule has 0 saturated heterocycles. The lowest BCUT2D eigenvalue weighted by Crippen LogP contribution is -2.11. The minimum atomic E-state index is -0.309. The topological polar surface area (TPSA) is 62.5 Å². The van der Waals surface area contributed by atoms with Crippen LogP contribution in [0.15, 0.2) is 53.1 Å². The van der Waals surface area contributed by atoms with Gasteiger partial charge in [-0.25, -0.2) is 0 Å². The van der Waals surface area contributed by atoms with E-state index < -0.39 is 0 Å². The van der Waals surface area contributed by atoms with Crippen LogP contribution in [0, 0.1) is 0 Å². The smallest absolute Gasteiger partial charge is 0.259 e. The summed E-state index contributed by atoms with van der Waals surface area (Å²) in [5, 5.41) is 13.2. The van der Waals surface area contributed by atoms with Crippen molar-refractivity contribution >= 4 is 34.2 Å². The molecule has 2 N–H and O–H groups in total. The third kappa shape index (κ3) is 2.21. The van der Waals surface area contributed by atoms with Crippen LogP contribution in [0.25, 0.3) is 11.0 Å². The highest BCUT2D eigenvalue weighted by Crippen LogP contribution is 2.27. The molecule has 3 aromatic rings. The van der Waals surface area contributed by atoms with Gasteiger partial charge < -0.3 is 14.8 Å². The predicted octanol–water partition coefficient (Wildman–Crippen LogP) is 4.04. The molecule has 1 heterocycles. The average Bonchev–Trinajstić information content (AvgIpc) is 2.87. The molecule has 0 aliphatic rings. The summed E-state index contributed by atoms with van der Waals surface area (Å²) in [7, 11) is 0. The van der Waals surface area contributed by atoms with Crippen LogP contribution in [0.1, 0.15) is 10.4 Å². The Balaban J connectivity index is 1.91. The van der Waals surface area contributed by atoms with Crippen molar-refractivity contribution in [2.75, 3.05) is 5.32 Å². The molecular formula is C15H10ClNO3. The molecule has 1 aromatic heterocycles. The van der Waals surface area contributed by atoms with E-state index in [9.17, 15) is 9.90 Å². The number of halogens is 1. The number of nitrogens with one attached hydrogen (secondary N) is 1. The monoisotopic (exact) mass is 287 g/mol. The van der Waals surface area contributed by atoms with Gasteiger partial charge in [0.1, 0.15) is 17.6 Å². The predicted molar refractivity (Wildman–Crippen MR) is 77.3 cm³/mol. The Morgan fingerprint density at radius 3 is 2.80 bits per heavy atom. The van der Waals surface area contributed by atoms with Crippen molar-refractivity contribution in [2.45, 2.75) is 0 Å². The van der Waals surface area contributed by atoms with Crippen molar-refractivity contribution in [2.24, 2.45) is 0 Å². The van der Waals surface area contributed by atoms with Gasteiger partial charge in [-0.2, -0.15) is 0 Å². The number of amides is 1. The minimum absolute atomic E-state index is 0.0819. The van der Waals surface area contributed by atoms with Gasteiger partial charge in [-0.05, 0) is 18.2 Å². The number of furan rings is 1. The standard InChI is InChI=1S/C15H10ClNO3/c16-12-6-5-9(7-13(12)18)17-15(19)11-8-20-14-4-2-1-3-10(11)14/h1-8,18H,(H,17,19). The molecule has 5 heteroatoms. The first-order valence-electron chi connectivity index (χ1n) is 5.91. The highest BCUT2D eigenvalue weighted by Gasteiger charge is 2.13. The number of anilines is 1. The van der Waals surface area contributed by atoms with E-state index in [1.165, 1.54) is 18.4 Å². The molecule has 0 atom stereocenters. The number of aromatic hydroxyl groups is 1. The maximum Gasteiger partial charge on any atom is 0.259 e. The molecule has 0 aliphatic heterocycles. The fourth-order valence-corrected chi connectivity index (χ4v) is 2.06. The van der Waals surface area contributed by atoms with Crippen LogP contribution in [-0.4, -0.2) is 11.0 Å². The normalized spacial score (nSPS) is 10.7. The van der Waals surface area contributed by atoms with Crippen LogP contribution < -0.4 is 5.32 Å². The molecule has 1 amide bonds. The molecule has 20 heavy (non-hydrogen) atoms. The number of benzene rings is 2. The zero-order valence-corrected chi connectivity index (χ0v) is 11.0. The number of phenols is 1. The first-order chi connectivity index (χ1) is 9.65. The maximum atomic E-state index is 12.2. The largest absolute Gasteiger partial charge is 0.506 e. The van der Waals surface area contributed by atoms with Crippen LogP contribution >= 0.6 is 11.6 Å². The van der Waals surface area contributed by atoms with Gasteiger partial charge in [0.15, 0.2) is 0 Å². The third-order valence-electron chi connectivity index (χ3n) is 2.93. The molecule has 0 aliphatic carbocycles. The SMILES string of the molecule is O=C(Nc1ccc(Cl)c(O)c1)c1coc2ccccc12. The Labute approximate surface area is 119 Å². The van der Waals surface area contributed by atoms with Crippen LogP contribution in [0.4, 0.5) is 5.69 Å². The summed E-state index contributed by atoms with van der Waals surface area (Å²) in [6, 6.07) is 11.8. The molecule has 0 saturated carbocycles. The van der Waals surface area contributed by atoms with Crippen LogP contribution in [0.3, 0.4) is 0 Å². The highest BCUT2D eigenvalue weighted by molar-refractivity contribution is 6.32. The van der Waals surface area contributed by atoms with E-state index in [0.717, 1.165) is 5.39 Å². The van der Waals surface area contributed by atoms with Gasteiger partial charge >= 0.3 is 0 Å². The van der Waals surface area contributed by atoms with Gasteiger partial charge in [-0.1, -0.05) is 29.8 Å². The summed E-state index contributed by atoms with van der Waals surface area (Å²) in [4.78, 5) is 12.2. The molecular weight excluding hydrogens is 278 g/mol. The Bertz CT molecular complexity index is 795. The van der Waals surface area contributed by atoms with Gasteiger partial charge in [0.2, 0.25) is 0 Å². The highest BCUT2D eigenvalue weighted by atomic mass is 35.5. The number of carbonyl (C=O) groups is 1. The van der Waals surface area contributed by atoms with E-state index in [1.807, 2.05) is 18.2 Å². The second-order valence-electron chi connectivity index (χ2n) is 4.27. The second kappa shape index (κ2) is 4.90. The summed E-state index contributed by atoms with van der Waals surface area (Å²) in [5.74, 6) is -0.391. The fourth-order valence-electron chi connectivity index (χ4n) is 1.94. The van der Waals surface area contributed by atoms with Gasteiger partial charge in [-0.15, -0.1) is 0 Å². The molecule has 0 radical (unpaired) electrons. The number of fused-ring (bicyclic) bond motifs is 1. The molecule has 3 rings (SSSR count). The number of hydrogen-bond acceptors (Lipinski definition) is 3. The van der Waals surface area contributed by atoms with Gasteiger partial charge in [0.25, 0.3) is 5.91 Å². The lowest BCUT2D eigenvalue weighted by Gasteiger charge is -2.05. The molecule has 0 unspecified atom stereocenters. The fraction of sp³-hybridized carbons (Fsp3) is 0. The van der Waals surface area contributed by atoms with Crippen LogP contribution in [0.2, 0.25) is 5.02 Å². The summed E-state index contributed by atoms with van der Waals surface area (Å²) < 4.78 is 5.32. The Morgan fingerprint density at radius 2 is 2.00 bits per heavy atom. The first-order valence-corrected chi connectivity index (χ1v) is 6.29. The Morgan fingerprint density at radius 1 is 1.20 bits per heavy atom. The van der Waals surface area contributed by atoms with Crippen molar-refractivity contribution < 1.29 is 14.3 Å². The number of hydrogen-bond donors (Lipinski definition) is 2. The zero-order chi connectivity index (χ0) is 14.1. The average molecular weight is 288 g/mol. The first kappa shape index (κ1) is 12.6. The summed E-state index contributed by atoms with van der Waals surface area (Å²) in [5.41, 5.74) is 1.55. The lowest BCUT2D eigenvalue weighted by atomic mass is 10.1. The van der Waals surface area contributed by atoms with Crippen molar-refractivity contribution in [1.29, 1.82) is 0 Å². The summed E-state index contributed by atoms with van der Waals surface area (Å²) in [6.07, 6.45) is 1.41. The van der Waals surface area contributed by atoms with Crippen LogP contribution in [0.5, 0.6) is 5.75 Å². The number of phenolic OH excluding ortho intramolecular Hbond substituents is 1. The van der Waals surface area contributed by atoms with Gasteiger partial charge in [-0.3, -0.25) is 4.79 Å². The molecule has 0 spiro atoms. The Kier molecular flexibility index (Phi) is 3.08. The number of carbonyl (C=O) groups excluding carboxylic acids is 1. The van der Waals surface area contributed by atoms with E-state index in [0.29, 0.717) is 16.8 Å². The van der Waals surface area contributed by atoms with E-state index in [-0.39, 0.29) is 16.7 Å². The van der Waals surface area contributed by atoms with Crippen molar-refractivity contribution in [1.82, 2.24) is 0 Å². The molecule has 0 fully saturated rings. The Hall–Kier alpha value is -2.46. The van der Waals surface area contributed by atoms with Crippen molar-refractivity contribution in [3.8, 4) is 5.75 Å². The van der Waals surface area contributed by atoms with Crippen molar-refractivity contribution in [3.63, 3.8) is 0 Å². The minimum Gasteiger partial charge on any atom is -0.506 e. The third-order valence-corrected chi connectivity index (χ3v) is 3.25. The van der Waals surface area contributed by atoms with Gasteiger partial charge in [0.05, 0.1) is 10.6 Å². The zero-order valence-electron chi connectivity index (χ0n) is 10.3.